The van der Waals surface area contributed by atoms with Crippen molar-refractivity contribution in [3.8, 4) is 0 Å². The standard InChI is InChI=1S/C21H24I/c1-13(2)11-14-12-17-18(21(14,3)4)10-9-16-15-7-5-6-8-19(15)22-20(16)17/h5,7,9-12,16,20H,6,8H2,1-4H3/q-1. The van der Waals surface area contributed by atoms with Crippen LogP contribution in [0.2, 0.25) is 0 Å². The molecule has 0 aromatic carbocycles. The van der Waals surface area contributed by atoms with Crippen LogP contribution in [0.15, 0.2) is 67.9 Å². The van der Waals surface area contributed by atoms with Crippen molar-refractivity contribution >= 4 is 0 Å². The van der Waals surface area contributed by atoms with Gasteiger partial charge in [0.15, 0.2) is 0 Å². The molecular weight excluding hydrogens is 379 g/mol. The van der Waals surface area contributed by atoms with Crippen LogP contribution in [0.4, 0.5) is 0 Å². The van der Waals surface area contributed by atoms with Gasteiger partial charge in [-0.25, -0.2) is 0 Å². The third-order valence-electron chi connectivity index (χ3n) is 5.29. The maximum absolute atomic E-state index is 2.53. The van der Waals surface area contributed by atoms with Crippen molar-refractivity contribution in [3.05, 3.63) is 67.9 Å². The van der Waals surface area contributed by atoms with Crippen LogP contribution < -0.4 is 21.2 Å². The van der Waals surface area contributed by atoms with Gasteiger partial charge < -0.3 is 0 Å². The number of halogens is 1. The summed E-state index contributed by atoms with van der Waals surface area (Å²) in [4.78, 5) is 0. The van der Waals surface area contributed by atoms with E-state index in [1.807, 2.05) is 3.58 Å². The first-order chi connectivity index (χ1) is 10.5. The normalized spacial score (nSPS) is 31.4. The van der Waals surface area contributed by atoms with Gasteiger partial charge in [-0.2, -0.15) is 0 Å². The van der Waals surface area contributed by atoms with Gasteiger partial charge in [0.05, 0.1) is 0 Å². The fourth-order valence-electron chi connectivity index (χ4n) is 4.09. The van der Waals surface area contributed by atoms with Crippen molar-refractivity contribution in [2.24, 2.45) is 11.3 Å². The van der Waals surface area contributed by atoms with Gasteiger partial charge in [-0.3, -0.25) is 0 Å². The van der Waals surface area contributed by atoms with Gasteiger partial charge in [0.1, 0.15) is 0 Å². The number of hydrogen-bond acceptors (Lipinski definition) is 0. The Bertz CT molecular complexity index is 715. The van der Waals surface area contributed by atoms with E-state index in [4.69, 9.17) is 0 Å². The molecule has 0 saturated carbocycles. The quantitative estimate of drug-likeness (QED) is 0.466. The van der Waals surface area contributed by atoms with E-state index in [1.54, 1.807) is 16.7 Å². The Morgan fingerprint density at radius 3 is 2.82 bits per heavy atom. The molecule has 3 aliphatic carbocycles. The van der Waals surface area contributed by atoms with Crippen molar-refractivity contribution in [1.82, 2.24) is 0 Å². The molecule has 0 amide bonds. The summed E-state index contributed by atoms with van der Waals surface area (Å²) in [5.41, 5.74) is 8.02. The van der Waals surface area contributed by atoms with Gasteiger partial charge in [0.25, 0.3) is 0 Å². The average Bonchev–Trinajstić information content (AvgIpc) is 2.95. The van der Waals surface area contributed by atoms with Gasteiger partial charge in [-0.15, -0.1) is 0 Å². The zero-order valence-corrected chi connectivity index (χ0v) is 16.1. The molecule has 2 unspecified atom stereocenters. The number of alkyl halides is 1. The molecule has 116 valence electrons. The monoisotopic (exact) mass is 403 g/mol. The first-order valence-electron chi connectivity index (χ1n) is 8.31. The molecule has 0 radical (unpaired) electrons. The van der Waals surface area contributed by atoms with Crippen molar-refractivity contribution < 1.29 is 21.2 Å². The zero-order chi connectivity index (χ0) is 15.5. The van der Waals surface area contributed by atoms with Gasteiger partial charge in [-0.05, 0) is 0 Å². The minimum atomic E-state index is 0.157. The molecule has 0 N–H and O–H groups in total. The van der Waals surface area contributed by atoms with Crippen LogP contribution in [0.3, 0.4) is 0 Å². The SMILES string of the molecule is CC(C)=CC1=CC2=C(C=CC3C4=C(CCC=C4)[I-]C23)C1(C)C. The van der Waals surface area contributed by atoms with Crippen molar-refractivity contribution in [2.45, 2.75) is 44.5 Å². The van der Waals surface area contributed by atoms with Crippen molar-refractivity contribution in [3.63, 3.8) is 0 Å². The van der Waals surface area contributed by atoms with E-state index in [9.17, 15) is 0 Å². The molecule has 22 heavy (non-hydrogen) atoms. The Kier molecular flexibility index (Phi) is 3.41. The molecule has 0 spiro atoms. The van der Waals surface area contributed by atoms with E-state index in [0.717, 1.165) is 3.92 Å². The molecule has 1 heteroatoms. The Morgan fingerprint density at radius 1 is 1.23 bits per heavy atom. The molecule has 0 aromatic heterocycles. The van der Waals surface area contributed by atoms with Crippen molar-refractivity contribution in [2.75, 3.05) is 0 Å². The third-order valence-corrected chi connectivity index (χ3v) is 9.32. The molecule has 0 saturated heterocycles. The van der Waals surface area contributed by atoms with Crippen LogP contribution in [-0.4, -0.2) is 3.92 Å². The molecular formula is C21H24I-. The summed E-state index contributed by atoms with van der Waals surface area (Å²) in [5.74, 6) is 0.677. The summed E-state index contributed by atoms with van der Waals surface area (Å²) in [6.45, 7) is 9.21. The maximum atomic E-state index is 2.53. The second kappa shape index (κ2) is 5.09. The zero-order valence-electron chi connectivity index (χ0n) is 13.9. The Labute approximate surface area is 144 Å². The first-order valence-corrected chi connectivity index (χ1v) is 10.6. The van der Waals surface area contributed by atoms with E-state index < -0.39 is 0 Å². The molecule has 1 aliphatic heterocycles. The Hall–Kier alpha value is -0.830. The third kappa shape index (κ3) is 2.08. The van der Waals surface area contributed by atoms with Crippen molar-refractivity contribution in [1.29, 1.82) is 0 Å². The Balaban J connectivity index is 1.75. The Morgan fingerprint density at radius 2 is 2.05 bits per heavy atom. The molecule has 4 aliphatic rings. The fourth-order valence-corrected chi connectivity index (χ4v) is 8.29. The van der Waals surface area contributed by atoms with E-state index >= 15 is 0 Å². The molecule has 0 nitrogen and oxygen atoms in total. The van der Waals surface area contributed by atoms with Crippen LogP contribution >= 0.6 is 0 Å². The van der Waals surface area contributed by atoms with Gasteiger partial charge in [-0.1, -0.05) is 0 Å². The summed E-state index contributed by atoms with van der Waals surface area (Å²) < 4.78 is 2.63. The van der Waals surface area contributed by atoms with Gasteiger partial charge in [0, 0.05) is 0 Å². The predicted molar refractivity (Wildman–Crippen MR) is 90.1 cm³/mol. The summed E-state index contributed by atoms with van der Waals surface area (Å²) in [5, 5.41) is 0. The van der Waals surface area contributed by atoms with E-state index in [0.29, 0.717) is 5.92 Å². The topological polar surface area (TPSA) is 0 Å². The summed E-state index contributed by atoms with van der Waals surface area (Å²) in [7, 11) is 0. The van der Waals surface area contributed by atoms with Gasteiger partial charge in [0.2, 0.25) is 0 Å². The molecule has 0 bridgehead atoms. The van der Waals surface area contributed by atoms with Gasteiger partial charge >= 0.3 is 145 Å². The second-order valence-corrected chi connectivity index (χ2v) is 10.8. The van der Waals surface area contributed by atoms with Crippen LogP contribution in [0.1, 0.15) is 40.5 Å². The molecule has 1 heterocycles. The first kappa shape index (κ1) is 14.7. The summed E-state index contributed by atoms with van der Waals surface area (Å²) >= 11 is 0.157. The van der Waals surface area contributed by atoms with Crippen LogP contribution in [0.5, 0.6) is 0 Å². The number of rotatable bonds is 1. The molecule has 0 aromatic rings. The van der Waals surface area contributed by atoms with Crippen LogP contribution in [0, 0.1) is 11.3 Å². The number of hydrogen-bond donors (Lipinski definition) is 0. The molecule has 0 fully saturated rings. The second-order valence-electron chi connectivity index (χ2n) is 7.51. The van der Waals surface area contributed by atoms with E-state index in [1.165, 1.54) is 24.0 Å². The van der Waals surface area contributed by atoms with E-state index in [-0.39, 0.29) is 26.6 Å². The fraction of sp³-hybridized carbons (Fsp3) is 0.429. The predicted octanol–water partition coefficient (Wildman–Crippen LogP) is 2.48. The molecule has 4 rings (SSSR count). The summed E-state index contributed by atoms with van der Waals surface area (Å²) in [6, 6.07) is 0. The van der Waals surface area contributed by atoms with Crippen LogP contribution in [-0.2, 0) is 0 Å². The average molecular weight is 403 g/mol. The van der Waals surface area contributed by atoms with Crippen LogP contribution in [0.25, 0.3) is 0 Å². The number of allylic oxidation sites excluding steroid dienone is 12. The summed E-state index contributed by atoms with van der Waals surface area (Å²) in [6.07, 6.45) is 17.3. The van der Waals surface area contributed by atoms with E-state index in [2.05, 4.69) is 64.2 Å². The molecule has 2 atom stereocenters. The minimum absolute atomic E-state index is 0.157. The number of fused-ring (bicyclic) bond motifs is 3.